The topological polar surface area (TPSA) is 29.9 Å². The predicted molar refractivity (Wildman–Crippen MR) is 80.8 cm³/mol. The normalized spacial score (nSPS) is 14.2. The van der Waals surface area contributed by atoms with Crippen molar-refractivity contribution < 1.29 is 0 Å². The zero-order chi connectivity index (χ0) is 13.9. The van der Waals surface area contributed by atoms with Gasteiger partial charge in [-0.2, -0.15) is 5.10 Å². The van der Waals surface area contributed by atoms with Gasteiger partial charge in [0.15, 0.2) is 0 Å². The molecule has 0 aliphatic heterocycles. The van der Waals surface area contributed by atoms with Crippen molar-refractivity contribution in [1.29, 1.82) is 0 Å². The van der Waals surface area contributed by atoms with Gasteiger partial charge in [-0.05, 0) is 55.1 Å². The van der Waals surface area contributed by atoms with Gasteiger partial charge in [0.1, 0.15) is 0 Å². The van der Waals surface area contributed by atoms with Gasteiger partial charge < -0.3 is 5.32 Å². The van der Waals surface area contributed by atoms with E-state index in [9.17, 15) is 0 Å². The van der Waals surface area contributed by atoms with Gasteiger partial charge in [0.05, 0.1) is 22.4 Å². The molecule has 0 aromatic carbocycles. The molecule has 0 spiro atoms. The van der Waals surface area contributed by atoms with Crippen molar-refractivity contribution in [3.8, 4) is 0 Å². The third-order valence-corrected chi connectivity index (χ3v) is 3.75. The Morgan fingerprint density at radius 2 is 2.00 bits per heavy atom. The highest BCUT2D eigenvalue weighted by Gasteiger charge is 2.22. The second kappa shape index (κ2) is 6.20. The second-order valence-electron chi connectivity index (χ2n) is 6.36. The molecule has 0 radical (unpaired) electrons. The third kappa shape index (κ3) is 4.09. The lowest BCUT2D eigenvalue weighted by atomic mass is 9.88. The average Bonchev–Trinajstić information content (AvgIpc) is 2.60. The molecular weight excluding hydrogens is 290 g/mol. The highest BCUT2D eigenvalue weighted by atomic mass is 79.9. The Morgan fingerprint density at radius 1 is 1.39 bits per heavy atom. The molecule has 0 bridgehead atoms. The van der Waals surface area contributed by atoms with E-state index < -0.39 is 0 Å². The molecule has 0 fully saturated rings. The van der Waals surface area contributed by atoms with E-state index in [2.05, 4.69) is 65.6 Å². The molecule has 3 nitrogen and oxygen atoms in total. The summed E-state index contributed by atoms with van der Waals surface area (Å²) < 4.78 is 3.21. The maximum Gasteiger partial charge on any atom is 0.0698 e. The molecule has 1 heterocycles. The van der Waals surface area contributed by atoms with Crippen molar-refractivity contribution in [1.82, 2.24) is 15.1 Å². The molecule has 0 saturated carbocycles. The standard InChI is InChI=1S/C14H26BrN3/c1-10(2)18-13(11(15)9-17-18)12(16-6)7-8-14(3,4)5/h9-10,12,16H,7-8H2,1-6H3. The lowest BCUT2D eigenvalue weighted by Crippen LogP contribution is -2.23. The van der Waals surface area contributed by atoms with Crippen LogP contribution in [0.15, 0.2) is 10.7 Å². The predicted octanol–water partition coefficient (Wildman–Crippen LogP) is 4.31. The molecule has 1 N–H and O–H groups in total. The fraction of sp³-hybridized carbons (Fsp3) is 0.786. The Morgan fingerprint density at radius 3 is 2.44 bits per heavy atom. The van der Waals surface area contributed by atoms with Crippen molar-refractivity contribution >= 4 is 15.9 Å². The average molecular weight is 316 g/mol. The van der Waals surface area contributed by atoms with E-state index in [1.54, 1.807) is 0 Å². The molecule has 104 valence electrons. The summed E-state index contributed by atoms with van der Waals surface area (Å²) >= 11 is 3.62. The largest absolute Gasteiger partial charge is 0.312 e. The first-order chi connectivity index (χ1) is 8.26. The number of hydrogen-bond acceptors (Lipinski definition) is 2. The summed E-state index contributed by atoms with van der Waals surface area (Å²) in [6, 6.07) is 0.736. The van der Waals surface area contributed by atoms with Gasteiger partial charge in [0.25, 0.3) is 0 Å². The third-order valence-electron chi connectivity index (χ3n) is 3.14. The van der Waals surface area contributed by atoms with Crippen LogP contribution in [-0.2, 0) is 0 Å². The first-order valence-electron chi connectivity index (χ1n) is 6.66. The summed E-state index contributed by atoms with van der Waals surface area (Å²) in [6.07, 6.45) is 4.21. The molecular formula is C14H26BrN3. The van der Waals surface area contributed by atoms with Gasteiger partial charge in [0.2, 0.25) is 0 Å². The summed E-state index contributed by atoms with van der Waals surface area (Å²) in [7, 11) is 2.03. The van der Waals surface area contributed by atoms with Crippen LogP contribution in [0.4, 0.5) is 0 Å². The van der Waals surface area contributed by atoms with Crippen LogP contribution in [0.3, 0.4) is 0 Å². The Balaban J connectivity index is 2.91. The molecule has 1 rings (SSSR count). The van der Waals surface area contributed by atoms with Crippen molar-refractivity contribution in [3.05, 3.63) is 16.4 Å². The van der Waals surface area contributed by atoms with Gasteiger partial charge in [-0.1, -0.05) is 20.8 Å². The number of aromatic nitrogens is 2. The molecule has 0 amide bonds. The second-order valence-corrected chi connectivity index (χ2v) is 7.21. The fourth-order valence-corrected chi connectivity index (χ4v) is 2.63. The monoisotopic (exact) mass is 315 g/mol. The molecule has 0 aliphatic rings. The van der Waals surface area contributed by atoms with E-state index in [0.717, 1.165) is 10.9 Å². The SMILES string of the molecule is CNC(CCC(C)(C)C)c1c(Br)cnn1C(C)C. The van der Waals surface area contributed by atoms with E-state index in [1.807, 2.05) is 13.2 Å². The van der Waals surface area contributed by atoms with Crippen LogP contribution in [0.2, 0.25) is 0 Å². The van der Waals surface area contributed by atoms with Crippen LogP contribution in [0.25, 0.3) is 0 Å². The van der Waals surface area contributed by atoms with Crippen LogP contribution < -0.4 is 5.32 Å². The van der Waals surface area contributed by atoms with Gasteiger partial charge in [0, 0.05) is 6.04 Å². The van der Waals surface area contributed by atoms with Crippen molar-refractivity contribution in [2.75, 3.05) is 7.05 Å². The van der Waals surface area contributed by atoms with Crippen LogP contribution in [0.1, 0.15) is 65.2 Å². The van der Waals surface area contributed by atoms with Crippen LogP contribution in [0.5, 0.6) is 0 Å². The first-order valence-corrected chi connectivity index (χ1v) is 7.45. The zero-order valence-corrected chi connectivity index (χ0v) is 14.0. The Bertz CT molecular complexity index is 377. The number of rotatable bonds is 5. The summed E-state index contributed by atoms with van der Waals surface area (Å²) in [6.45, 7) is 11.2. The van der Waals surface area contributed by atoms with Crippen molar-refractivity contribution in [3.63, 3.8) is 0 Å². The van der Waals surface area contributed by atoms with Crippen molar-refractivity contribution in [2.45, 2.75) is 59.5 Å². The molecule has 4 heteroatoms. The van der Waals surface area contributed by atoms with Gasteiger partial charge in [-0.25, -0.2) is 0 Å². The summed E-state index contributed by atoms with van der Waals surface area (Å²) in [5.41, 5.74) is 1.63. The Hall–Kier alpha value is -0.350. The minimum Gasteiger partial charge on any atom is -0.312 e. The maximum atomic E-state index is 4.46. The minimum atomic E-state index is 0.350. The molecule has 18 heavy (non-hydrogen) atoms. The number of nitrogens with one attached hydrogen (secondary N) is 1. The lowest BCUT2D eigenvalue weighted by Gasteiger charge is -2.25. The van der Waals surface area contributed by atoms with E-state index in [1.165, 1.54) is 12.1 Å². The highest BCUT2D eigenvalue weighted by molar-refractivity contribution is 9.10. The Labute approximate surface area is 119 Å². The molecule has 1 unspecified atom stereocenters. The summed E-state index contributed by atoms with van der Waals surface area (Å²) in [5, 5.41) is 7.88. The maximum absolute atomic E-state index is 4.46. The highest BCUT2D eigenvalue weighted by Crippen LogP contribution is 2.32. The smallest absolute Gasteiger partial charge is 0.0698 e. The van der Waals surface area contributed by atoms with E-state index >= 15 is 0 Å². The number of nitrogens with zero attached hydrogens (tertiary/aromatic N) is 2. The number of hydrogen-bond donors (Lipinski definition) is 1. The molecule has 1 atom stereocenters. The van der Waals surface area contributed by atoms with Gasteiger partial charge >= 0.3 is 0 Å². The molecule has 1 aromatic rings. The quantitative estimate of drug-likeness (QED) is 0.877. The van der Waals surface area contributed by atoms with Gasteiger partial charge in [-0.3, -0.25) is 4.68 Å². The summed E-state index contributed by atoms with van der Waals surface area (Å²) in [4.78, 5) is 0. The minimum absolute atomic E-state index is 0.350. The van der Waals surface area contributed by atoms with Gasteiger partial charge in [-0.15, -0.1) is 0 Å². The zero-order valence-electron chi connectivity index (χ0n) is 12.4. The summed E-state index contributed by atoms with van der Waals surface area (Å²) in [5.74, 6) is 0. The molecule has 0 aliphatic carbocycles. The number of halogens is 1. The van der Waals surface area contributed by atoms with Crippen molar-refractivity contribution in [2.24, 2.45) is 5.41 Å². The van der Waals surface area contributed by atoms with E-state index in [0.29, 0.717) is 17.5 Å². The van der Waals surface area contributed by atoms with E-state index in [4.69, 9.17) is 0 Å². The first kappa shape index (κ1) is 15.7. The molecule has 0 saturated heterocycles. The van der Waals surface area contributed by atoms with E-state index in [-0.39, 0.29) is 0 Å². The van der Waals surface area contributed by atoms with Crippen LogP contribution in [-0.4, -0.2) is 16.8 Å². The Kier molecular flexibility index (Phi) is 5.41. The lowest BCUT2D eigenvalue weighted by molar-refractivity contribution is 0.328. The van der Waals surface area contributed by atoms with Crippen LogP contribution >= 0.6 is 15.9 Å². The fourth-order valence-electron chi connectivity index (χ4n) is 2.08. The van der Waals surface area contributed by atoms with Crippen LogP contribution in [0, 0.1) is 5.41 Å². The molecule has 1 aromatic heterocycles.